The summed E-state index contributed by atoms with van der Waals surface area (Å²) in [6.07, 6.45) is 5.75. The molecule has 0 aliphatic carbocycles. The number of hydrogen-bond donors (Lipinski definition) is 2. The van der Waals surface area contributed by atoms with Crippen molar-refractivity contribution in [1.29, 1.82) is 0 Å². The predicted molar refractivity (Wildman–Crippen MR) is 53.7 cm³/mol. The van der Waals surface area contributed by atoms with E-state index in [9.17, 15) is 4.79 Å². The first-order chi connectivity index (χ1) is 6.13. The van der Waals surface area contributed by atoms with Crippen molar-refractivity contribution >= 4 is 17.7 Å². The van der Waals surface area contributed by atoms with Crippen LogP contribution in [0.1, 0.15) is 13.3 Å². The molecule has 2 N–H and O–H groups in total. The molecule has 1 heterocycles. The number of rotatable bonds is 3. The van der Waals surface area contributed by atoms with Gasteiger partial charge >= 0.3 is 5.97 Å². The molecule has 0 aromatic heterocycles. The Hall–Kier alpha value is -0.660. The van der Waals surface area contributed by atoms with E-state index in [1.165, 1.54) is 0 Å². The number of hydrogen-bond acceptors (Lipinski definition) is 3. The average Bonchev–Trinajstić information content (AvgIpc) is 2.45. The fraction of sp³-hybridized carbons (Fsp3) is 0.667. The van der Waals surface area contributed by atoms with Crippen molar-refractivity contribution in [1.82, 2.24) is 5.32 Å². The molecule has 0 aromatic carbocycles. The third-order valence-electron chi connectivity index (χ3n) is 2.45. The Morgan fingerprint density at radius 3 is 3.00 bits per heavy atom. The average molecular weight is 199 g/mol. The Labute approximate surface area is 82.3 Å². The van der Waals surface area contributed by atoms with E-state index < -0.39 is 11.5 Å². The van der Waals surface area contributed by atoms with Crippen LogP contribution in [0.25, 0.3) is 0 Å². The van der Waals surface area contributed by atoms with Crippen molar-refractivity contribution < 1.29 is 9.90 Å². The van der Waals surface area contributed by atoms with Crippen molar-refractivity contribution in [2.75, 3.05) is 12.3 Å². The minimum Gasteiger partial charge on any atom is -0.480 e. The lowest BCUT2D eigenvalue weighted by molar-refractivity contribution is -0.144. The Morgan fingerprint density at radius 1 is 1.92 bits per heavy atom. The van der Waals surface area contributed by atoms with Gasteiger partial charge in [-0.25, -0.2) is 0 Å². The van der Waals surface area contributed by atoms with Crippen LogP contribution < -0.4 is 5.32 Å². The second kappa shape index (κ2) is 4.03. The molecule has 1 saturated heterocycles. The van der Waals surface area contributed by atoms with E-state index >= 15 is 0 Å². The van der Waals surface area contributed by atoms with Crippen LogP contribution in [0.3, 0.4) is 0 Å². The summed E-state index contributed by atoms with van der Waals surface area (Å²) in [6, 6.07) is 0. The molecule has 1 aliphatic rings. The number of thioether (sulfide) groups is 1. The largest absolute Gasteiger partial charge is 0.480 e. The minimum absolute atomic E-state index is 0.0818. The molecule has 0 aromatic rings. The highest BCUT2D eigenvalue weighted by atomic mass is 32.2. The molecule has 1 aliphatic heterocycles. The molecule has 0 amide bonds. The first-order valence-electron chi connectivity index (χ1n) is 4.17. The fourth-order valence-corrected chi connectivity index (χ4v) is 2.92. The van der Waals surface area contributed by atoms with Gasteiger partial charge in [0.05, 0.1) is 6.54 Å². The highest BCUT2D eigenvalue weighted by Gasteiger charge is 2.47. The first kappa shape index (κ1) is 10.4. The van der Waals surface area contributed by atoms with Crippen molar-refractivity contribution in [2.24, 2.45) is 0 Å². The third-order valence-corrected chi connectivity index (χ3v) is 3.79. The Balaban J connectivity index is 2.76. The number of terminal acetylenes is 1. The van der Waals surface area contributed by atoms with Crippen LogP contribution in [0.4, 0.5) is 0 Å². The molecule has 72 valence electrons. The molecule has 0 spiro atoms. The third kappa shape index (κ3) is 1.82. The van der Waals surface area contributed by atoms with Crippen LogP contribution in [0.15, 0.2) is 0 Å². The Kier molecular flexibility index (Phi) is 3.23. The SMILES string of the molecule is C#CCNC1(C(=O)O)CCSC1C. The summed E-state index contributed by atoms with van der Waals surface area (Å²) in [5.74, 6) is 2.50. The lowest BCUT2D eigenvalue weighted by atomic mass is 9.93. The van der Waals surface area contributed by atoms with Crippen molar-refractivity contribution in [3.63, 3.8) is 0 Å². The van der Waals surface area contributed by atoms with Crippen LogP contribution in [-0.4, -0.2) is 34.2 Å². The van der Waals surface area contributed by atoms with E-state index in [2.05, 4.69) is 11.2 Å². The van der Waals surface area contributed by atoms with E-state index in [-0.39, 0.29) is 5.25 Å². The topological polar surface area (TPSA) is 49.3 Å². The highest BCUT2D eigenvalue weighted by molar-refractivity contribution is 8.00. The van der Waals surface area contributed by atoms with Crippen LogP contribution in [0.2, 0.25) is 0 Å². The molecule has 0 radical (unpaired) electrons. The summed E-state index contributed by atoms with van der Waals surface area (Å²) < 4.78 is 0. The smallest absolute Gasteiger partial charge is 0.325 e. The molecule has 13 heavy (non-hydrogen) atoms. The van der Waals surface area contributed by atoms with Gasteiger partial charge in [-0.15, -0.1) is 6.42 Å². The number of aliphatic carboxylic acids is 1. The van der Waals surface area contributed by atoms with Crippen LogP contribution >= 0.6 is 11.8 Å². The Bertz CT molecular complexity index is 248. The van der Waals surface area contributed by atoms with E-state index in [0.717, 1.165) is 5.75 Å². The zero-order valence-corrected chi connectivity index (χ0v) is 8.36. The number of nitrogens with one attached hydrogen (secondary N) is 1. The summed E-state index contributed by atoms with van der Waals surface area (Å²) in [5, 5.41) is 12.1. The Morgan fingerprint density at radius 2 is 2.62 bits per heavy atom. The monoisotopic (exact) mass is 199 g/mol. The van der Waals surface area contributed by atoms with Crippen LogP contribution in [0.5, 0.6) is 0 Å². The van der Waals surface area contributed by atoms with Crippen molar-refractivity contribution in [2.45, 2.75) is 24.1 Å². The summed E-state index contributed by atoms with van der Waals surface area (Å²) in [5.41, 5.74) is -0.808. The summed E-state index contributed by atoms with van der Waals surface area (Å²) >= 11 is 1.67. The first-order valence-corrected chi connectivity index (χ1v) is 5.22. The summed E-state index contributed by atoms with van der Waals surface area (Å²) in [7, 11) is 0. The summed E-state index contributed by atoms with van der Waals surface area (Å²) in [6.45, 7) is 2.24. The van der Waals surface area contributed by atoms with Gasteiger partial charge in [0.15, 0.2) is 0 Å². The van der Waals surface area contributed by atoms with Gasteiger partial charge in [0, 0.05) is 5.25 Å². The molecule has 1 fully saturated rings. The number of carboxylic acid groups (broad SMARTS) is 1. The van der Waals surface area contributed by atoms with Gasteiger partial charge in [-0.2, -0.15) is 11.8 Å². The van der Waals surface area contributed by atoms with E-state index in [4.69, 9.17) is 11.5 Å². The lowest BCUT2D eigenvalue weighted by Gasteiger charge is -2.28. The van der Waals surface area contributed by atoms with Gasteiger partial charge in [0.1, 0.15) is 5.54 Å². The summed E-state index contributed by atoms with van der Waals surface area (Å²) in [4.78, 5) is 11.1. The van der Waals surface area contributed by atoms with E-state index in [1.54, 1.807) is 11.8 Å². The molecule has 3 nitrogen and oxygen atoms in total. The standard InChI is InChI=1S/C9H13NO2S/c1-3-5-10-9(8(11)12)4-6-13-7(9)2/h1,7,10H,4-6H2,2H3,(H,11,12). The normalized spacial score (nSPS) is 32.8. The maximum absolute atomic E-state index is 11.1. The van der Waals surface area contributed by atoms with E-state index in [0.29, 0.717) is 13.0 Å². The van der Waals surface area contributed by atoms with Gasteiger partial charge in [-0.1, -0.05) is 12.8 Å². The zero-order chi connectivity index (χ0) is 9.90. The molecular weight excluding hydrogens is 186 g/mol. The second-order valence-electron chi connectivity index (χ2n) is 3.10. The molecule has 0 bridgehead atoms. The van der Waals surface area contributed by atoms with Crippen LogP contribution in [0, 0.1) is 12.3 Å². The van der Waals surface area contributed by atoms with Crippen molar-refractivity contribution in [3.8, 4) is 12.3 Å². The molecule has 2 atom stereocenters. The quantitative estimate of drug-likeness (QED) is 0.652. The minimum atomic E-state index is -0.808. The number of carbonyl (C=O) groups is 1. The van der Waals surface area contributed by atoms with Gasteiger partial charge in [0.25, 0.3) is 0 Å². The molecule has 1 rings (SSSR count). The van der Waals surface area contributed by atoms with E-state index in [1.807, 2.05) is 6.92 Å². The van der Waals surface area contributed by atoms with Gasteiger partial charge in [-0.05, 0) is 12.2 Å². The highest BCUT2D eigenvalue weighted by Crippen LogP contribution is 2.35. The fourth-order valence-electron chi connectivity index (χ4n) is 1.54. The number of carboxylic acids is 1. The molecule has 2 unspecified atom stereocenters. The van der Waals surface area contributed by atoms with Crippen LogP contribution in [-0.2, 0) is 4.79 Å². The molecule has 4 heteroatoms. The van der Waals surface area contributed by atoms with Gasteiger partial charge < -0.3 is 5.11 Å². The molecule has 0 saturated carbocycles. The van der Waals surface area contributed by atoms with Gasteiger partial charge in [0.2, 0.25) is 0 Å². The molecular formula is C9H13NO2S. The zero-order valence-electron chi connectivity index (χ0n) is 7.54. The maximum Gasteiger partial charge on any atom is 0.325 e. The maximum atomic E-state index is 11.1. The second-order valence-corrected chi connectivity index (χ2v) is 4.55. The van der Waals surface area contributed by atoms with Gasteiger partial charge in [-0.3, -0.25) is 10.1 Å². The van der Waals surface area contributed by atoms with Crippen molar-refractivity contribution in [3.05, 3.63) is 0 Å². The predicted octanol–water partition coefficient (Wildman–Crippen LogP) is 0.558. The lowest BCUT2D eigenvalue weighted by Crippen LogP contribution is -2.56.